The van der Waals surface area contributed by atoms with E-state index >= 15 is 0 Å². The zero-order valence-electron chi connectivity index (χ0n) is 18.0. The topological polar surface area (TPSA) is 90.2 Å². The van der Waals surface area contributed by atoms with Gasteiger partial charge < -0.3 is 25.2 Å². The molecule has 0 unspecified atom stereocenters. The van der Waals surface area contributed by atoms with Crippen molar-refractivity contribution in [2.24, 2.45) is 5.92 Å². The third-order valence-corrected chi connectivity index (χ3v) is 7.91. The van der Waals surface area contributed by atoms with Crippen LogP contribution < -0.4 is 0 Å². The molecule has 4 N–H and O–H groups in total. The molecule has 0 aliphatic carbocycles. The number of halogens is 1. The second-order valence-corrected chi connectivity index (χ2v) is 10.5. The molecule has 2 aromatic rings. The molecule has 7 heteroatoms. The van der Waals surface area contributed by atoms with Crippen LogP contribution in [-0.2, 0) is 22.7 Å². The molecular weight excluding hydrogens is 448 g/mol. The summed E-state index contributed by atoms with van der Waals surface area (Å²) in [4.78, 5) is -1.27. The van der Waals surface area contributed by atoms with Gasteiger partial charge >= 0.3 is 0 Å². The van der Waals surface area contributed by atoms with Gasteiger partial charge in [0, 0.05) is 22.1 Å². The number of aliphatic hydroxyl groups is 4. The lowest BCUT2D eigenvalue weighted by molar-refractivity contribution is -0.147. The quantitative estimate of drug-likeness (QED) is 0.511. The van der Waals surface area contributed by atoms with Crippen LogP contribution in [0.3, 0.4) is 0 Å². The van der Waals surface area contributed by atoms with Gasteiger partial charge in [0.05, 0.1) is 24.6 Å². The minimum absolute atomic E-state index is 0.226. The highest BCUT2D eigenvalue weighted by molar-refractivity contribution is 8.00. The Kier molecular flexibility index (Phi) is 6.90. The summed E-state index contributed by atoms with van der Waals surface area (Å²) < 4.78 is 5.99. The molecule has 0 amide bonds. The third-order valence-electron chi connectivity index (χ3n) is 5.89. The van der Waals surface area contributed by atoms with Crippen LogP contribution in [-0.4, -0.2) is 50.6 Å². The predicted molar refractivity (Wildman–Crippen MR) is 125 cm³/mol. The fourth-order valence-electron chi connectivity index (χ4n) is 4.14. The summed E-state index contributed by atoms with van der Waals surface area (Å²) in [5, 5.41) is 41.1. The second kappa shape index (κ2) is 9.36. The van der Waals surface area contributed by atoms with Crippen LogP contribution in [0.4, 0.5) is 0 Å². The number of ether oxygens (including phenoxy) is 1. The SMILES string of the molecule is CC(C)C#Cc1ccc(Cc2cc3c(cc2Cl)CO[C@]32S[C@H](CO)[C@@H](O)[C@H](O)[C@H]2O)cc1. The lowest BCUT2D eigenvalue weighted by Gasteiger charge is -2.45. The molecule has 0 bridgehead atoms. The van der Waals surface area contributed by atoms with Gasteiger partial charge in [0.1, 0.15) is 12.2 Å². The summed E-state index contributed by atoms with van der Waals surface area (Å²) in [6.45, 7) is 3.99. The van der Waals surface area contributed by atoms with Crippen molar-refractivity contribution in [2.75, 3.05) is 6.61 Å². The first-order chi connectivity index (χ1) is 15.2. The molecular formula is C25H27ClO5S. The van der Waals surface area contributed by atoms with Gasteiger partial charge in [-0.05, 0) is 47.4 Å². The van der Waals surface area contributed by atoms with E-state index < -0.39 is 28.5 Å². The first kappa shape index (κ1) is 23.6. The normalized spacial score (nSPS) is 29.1. The molecule has 2 aliphatic rings. The van der Waals surface area contributed by atoms with Gasteiger partial charge in [0.2, 0.25) is 0 Å². The number of rotatable bonds is 3. The molecule has 2 heterocycles. The van der Waals surface area contributed by atoms with Crippen molar-refractivity contribution in [2.45, 2.75) is 55.4 Å². The molecule has 1 saturated heterocycles. The van der Waals surface area contributed by atoms with Crippen molar-refractivity contribution < 1.29 is 25.2 Å². The number of hydrogen-bond donors (Lipinski definition) is 4. The first-order valence-electron chi connectivity index (χ1n) is 10.6. The maximum Gasteiger partial charge on any atom is 0.168 e. The fourth-order valence-corrected chi connectivity index (χ4v) is 5.94. The van der Waals surface area contributed by atoms with Gasteiger partial charge in [0.15, 0.2) is 4.93 Å². The van der Waals surface area contributed by atoms with E-state index in [1.54, 1.807) is 0 Å². The number of benzene rings is 2. The van der Waals surface area contributed by atoms with E-state index in [0.29, 0.717) is 17.4 Å². The highest BCUT2D eigenvalue weighted by Gasteiger charge is 2.57. The summed E-state index contributed by atoms with van der Waals surface area (Å²) in [5.41, 5.74) is 4.43. The van der Waals surface area contributed by atoms with Gasteiger partial charge in [-0.2, -0.15) is 0 Å². The molecule has 5 nitrogen and oxygen atoms in total. The summed E-state index contributed by atoms with van der Waals surface area (Å²) in [7, 11) is 0. The van der Waals surface area contributed by atoms with Crippen LogP contribution in [0.1, 0.15) is 41.7 Å². The molecule has 0 aromatic heterocycles. The van der Waals surface area contributed by atoms with Crippen LogP contribution in [0.5, 0.6) is 0 Å². The Hall–Kier alpha value is -1.56. The van der Waals surface area contributed by atoms with Gasteiger partial charge in [-0.1, -0.05) is 49.4 Å². The minimum Gasteiger partial charge on any atom is -0.395 e. The van der Waals surface area contributed by atoms with Crippen molar-refractivity contribution in [3.63, 3.8) is 0 Å². The molecule has 170 valence electrons. The summed E-state index contributed by atoms with van der Waals surface area (Å²) in [6, 6.07) is 11.8. The molecule has 2 aliphatic heterocycles. The average molecular weight is 475 g/mol. The Morgan fingerprint density at radius 3 is 2.53 bits per heavy atom. The third kappa shape index (κ3) is 4.32. The lowest BCUT2D eigenvalue weighted by Crippen LogP contribution is -2.58. The highest BCUT2D eigenvalue weighted by Crippen LogP contribution is 2.54. The van der Waals surface area contributed by atoms with Crippen LogP contribution in [0, 0.1) is 17.8 Å². The predicted octanol–water partition coefficient (Wildman–Crippen LogP) is 2.81. The van der Waals surface area contributed by atoms with Crippen molar-refractivity contribution in [3.05, 3.63) is 69.2 Å². The van der Waals surface area contributed by atoms with Crippen LogP contribution in [0.25, 0.3) is 0 Å². The standard InChI is InChI=1S/C25H27ClO5S/c1-14(2)3-4-15-5-7-16(8-6-15)9-17-10-19-18(11-20(17)26)13-31-25(19)24(30)23(29)22(28)21(12-27)32-25/h5-8,10-11,14,21-24,27-30H,9,12-13H2,1-2H3/t21-,22-,23+,24-,25+/m1/s1. The number of aliphatic hydroxyl groups excluding tert-OH is 4. The first-order valence-corrected chi connectivity index (χ1v) is 11.9. The zero-order valence-corrected chi connectivity index (χ0v) is 19.5. The molecule has 2 aromatic carbocycles. The monoisotopic (exact) mass is 474 g/mol. The van der Waals surface area contributed by atoms with Crippen molar-refractivity contribution in [1.29, 1.82) is 0 Å². The smallest absolute Gasteiger partial charge is 0.168 e. The molecule has 0 saturated carbocycles. The minimum atomic E-state index is -1.43. The maximum atomic E-state index is 10.8. The largest absolute Gasteiger partial charge is 0.395 e. The lowest BCUT2D eigenvalue weighted by atomic mass is 9.91. The molecule has 1 spiro atoms. The molecule has 5 atom stereocenters. The Labute approximate surface area is 197 Å². The number of fused-ring (bicyclic) bond motifs is 2. The maximum absolute atomic E-state index is 10.8. The van der Waals surface area contributed by atoms with Crippen molar-refractivity contribution >= 4 is 23.4 Å². The Morgan fingerprint density at radius 1 is 1.16 bits per heavy atom. The van der Waals surface area contributed by atoms with Crippen LogP contribution in [0.2, 0.25) is 5.02 Å². The molecule has 32 heavy (non-hydrogen) atoms. The number of hydrogen-bond acceptors (Lipinski definition) is 6. The Morgan fingerprint density at radius 2 is 1.88 bits per heavy atom. The summed E-state index contributed by atoms with van der Waals surface area (Å²) in [6.07, 6.45) is -3.45. The van der Waals surface area contributed by atoms with E-state index in [0.717, 1.165) is 39.6 Å². The van der Waals surface area contributed by atoms with E-state index in [2.05, 4.69) is 25.7 Å². The van der Waals surface area contributed by atoms with Crippen LogP contribution >= 0.6 is 23.4 Å². The van der Waals surface area contributed by atoms with Gasteiger partial charge in [0.25, 0.3) is 0 Å². The van der Waals surface area contributed by atoms with Gasteiger partial charge in [-0.25, -0.2) is 0 Å². The van der Waals surface area contributed by atoms with Crippen LogP contribution in [0.15, 0.2) is 36.4 Å². The number of thioether (sulfide) groups is 1. The van der Waals surface area contributed by atoms with E-state index in [9.17, 15) is 20.4 Å². The van der Waals surface area contributed by atoms with Crippen molar-refractivity contribution in [1.82, 2.24) is 0 Å². The summed E-state index contributed by atoms with van der Waals surface area (Å²) >= 11 is 7.71. The highest BCUT2D eigenvalue weighted by atomic mass is 35.5. The molecule has 0 radical (unpaired) electrons. The fraction of sp³-hybridized carbons (Fsp3) is 0.440. The second-order valence-electron chi connectivity index (χ2n) is 8.62. The summed E-state index contributed by atoms with van der Waals surface area (Å²) in [5.74, 6) is 6.62. The molecule has 4 rings (SSSR count). The van der Waals surface area contributed by atoms with E-state index in [1.165, 1.54) is 0 Å². The zero-order chi connectivity index (χ0) is 23.0. The Balaban J connectivity index is 1.65. The van der Waals surface area contributed by atoms with Crippen molar-refractivity contribution in [3.8, 4) is 11.8 Å². The van der Waals surface area contributed by atoms with Gasteiger partial charge in [-0.3, -0.25) is 0 Å². The van der Waals surface area contributed by atoms with Gasteiger partial charge in [-0.15, -0.1) is 11.8 Å². The van der Waals surface area contributed by atoms with E-state index in [-0.39, 0.29) is 13.2 Å². The Bertz CT molecular complexity index is 1040. The van der Waals surface area contributed by atoms with E-state index in [1.807, 2.05) is 36.4 Å². The molecule has 1 fully saturated rings. The average Bonchev–Trinajstić information content (AvgIpc) is 3.12. The van der Waals surface area contributed by atoms with E-state index in [4.69, 9.17) is 16.3 Å².